The maximum absolute atomic E-state index is 12.9. The lowest BCUT2D eigenvalue weighted by Crippen LogP contribution is -2.46. The van der Waals surface area contributed by atoms with Gasteiger partial charge in [-0.25, -0.2) is 0 Å². The van der Waals surface area contributed by atoms with Crippen molar-refractivity contribution in [3.05, 3.63) is 35.9 Å². The Morgan fingerprint density at radius 3 is 2.24 bits per heavy atom. The monoisotopic (exact) mass is 399 g/mol. The molecular formula is C23H33N3O3. The van der Waals surface area contributed by atoms with E-state index < -0.39 is 0 Å². The second kappa shape index (κ2) is 8.56. The van der Waals surface area contributed by atoms with Crippen LogP contribution in [0, 0.1) is 11.8 Å². The van der Waals surface area contributed by atoms with E-state index in [1.165, 1.54) is 0 Å². The van der Waals surface area contributed by atoms with E-state index in [2.05, 4.69) is 5.32 Å². The van der Waals surface area contributed by atoms with E-state index in [9.17, 15) is 14.4 Å². The fourth-order valence-corrected chi connectivity index (χ4v) is 4.30. The summed E-state index contributed by atoms with van der Waals surface area (Å²) in [4.78, 5) is 41.5. The minimum absolute atomic E-state index is 0.0313. The molecule has 2 atom stereocenters. The van der Waals surface area contributed by atoms with Crippen LogP contribution in [0.2, 0.25) is 0 Å². The zero-order valence-electron chi connectivity index (χ0n) is 18.0. The van der Waals surface area contributed by atoms with Crippen LogP contribution in [0.5, 0.6) is 0 Å². The molecule has 2 aliphatic rings. The first-order chi connectivity index (χ1) is 13.7. The molecule has 0 saturated carbocycles. The van der Waals surface area contributed by atoms with E-state index in [0.29, 0.717) is 38.9 Å². The van der Waals surface area contributed by atoms with Gasteiger partial charge in [-0.05, 0) is 46.1 Å². The molecule has 1 aromatic carbocycles. The molecule has 0 spiro atoms. The number of hydrogen-bond acceptors (Lipinski definition) is 3. The molecule has 2 saturated heterocycles. The highest BCUT2D eigenvalue weighted by Gasteiger charge is 2.41. The van der Waals surface area contributed by atoms with Gasteiger partial charge in [0.1, 0.15) is 0 Å². The van der Waals surface area contributed by atoms with Crippen LogP contribution in [-0.4, -0.2) is 52.7 Å². The summed E-state index contributed by atoms with van der Waals surface area (Å²) in [6.45, 7) is 9.64. The van der Waals surface area contributed by atoms with Gasteiger partial charge < -0.3 is 15.1 Å². The molecule has 1 aromatic rings. The van der Waals surface area contributed by atoms with Gasteiger partial charge in [-0.2, -0.15) is 0 Å². The fourth-order valence-electron chi connectivity index (χ4n) is 4.30. The zero-order chi connectivity index (χ0) is 21.2. The summed E-state index contributed by atoms with van der Waals surface area (Å²) in [7, 11) is 0. The number of benzene rings is 1. The third kappa shape index (κ3) is 4.98. The number of nitrogens with zero attached hydrogens (tertiary/aromatic N) is 2. The van der Waals surface area contributed by atoms with Crippen LogP contribution < -0.4 is 5.32 Å². The van der Waals surface area contributed by atoms with E-state index in [4.69, 9.17) is 0 Å². The van der Waals surface area contributed by atoms with Gasteiger partial charge in [0.2, 0.25) is 17.7 Å². The van der Waals surface area contributed by atoms with Gasteiger partial charge in [-0.1, -0.05) is 30.3 Å². The summed E-state index contributed by atoms with van der Waals surface area (Å²) >= 11 is 0. The second-order valence-electron chi connectivity index (χ2n) is 9.32. The Kier molecular flexibility index (Phi) is 6.30. The Balaban J connectivity index is 1.49. The van der Waals surface area contributed by atoms with E-state index in [1.807, 2.05) is 62.9 Å². The topological polar surface area (TPSA) is 69.7 Å². The van der Waals surface area contributed by atoms with Crippen molar-refractivity contribution in [2.75, 3.05) is 19.6 Å². The normalized spacial score (nSPS) is 21.9. The van der Waals surface area contributed by atoms with E-state index in [0.717, 1.165) is 5.56 Å². The number of nitrogens with one attached hydrogen (secondary N) is 1. The lowest BCUT2D eigenvalue weighted by Gasteiger charge is -2.34. The molecule has 2 heterocycles. The summed E-state index contributed by atoms with van der Waals surface area (Å²) in [5.74, 6) is -0.156. The molecule has 3 rings (SSSR count). The number of piperidine rings is 1. The molecular weight excluding hydrogens is 366 g/mol. The van der Waals surface area contributed by atoms with Crippen molar-refractivity contribution in [3.8, 4) is 0 Å². The Morgan fingerprint density at radius 1 is 1.07 bits per heavy atom. The average Bonchev–Trinajstić information content (AvgIpc) is 3.10. The molecule has 0 radical (unpaired) electrons. The van der Waals surface area contributed by atoms with Crippen LogP contribution in [0.25, 0.3) is 0 Å². The van der Waals surface area contributed by atoms with Crippen molar-refractivity contribution >= 4 is 17.7 Å². The van der Waals surface area contributed by atoms with Crippen LogP contribution >= 0.6 is 0 Å². The van der Waals surface area contributed by atoms with Gasteiger partial charge in [0.05, 0.1) is 12.0 Å². The molecule has 1 N–H and O–H groups in total. The number of carbonyl (C=O) groups excluding carboxylic acids is 3. The quantitative estimate of drug-likeness (QED) is 0.846. The van der Waals surface area contributed by atoms with Gasteiger partial charge in [-0.15, -0.1) is 0 Å². The van der Waals surface area contributed by atoms with Gasteiger partial charge in [0.15, 0.2) is 0 Å². The van der Waals surface area contributed by atoms with Gasteiger partial charge in [-0.3, -0.25) is 14.4 Å². The predicted molar refractivity (Wildman–Crippen MR) is 112 cm³/mol. The molecule has 2 unspecified atom stereocenters. The van der Waals surface area contributed by atoms with Gasteiger partial charge in [0, 0.05) is 37.5 Å². The molecule has 3 amide bonds. The minimum atomic E-state index is -0.259. The van der Waals surface area contributed by atoms with E-state index >= 15 is 0 Å². The summed E-state index contributed by atoms with van der Waals surface area (Å²) in [5.41, 5.74) is 0.829. The van der Waals surface area contributed by atoms with Gasteiger partial charge in [0.25, 0.3) is 0 Å². The summed E-state index contributed by atoms with van der Waals surface area (Å²) in [5, 5.41) is 3.10. The third-order valence-electron chi connectivity index (χ3n) is 6.12. The third-order valence-corrected chi connectivity index (χ3v) is 6.12. The smallest absolute Gasteiger partial charge is 0.227 e. The standard InChI is InChI=1S/C23H33N3O3/c1-16(17-8-6-5-7-9-17)24-21(28)18-10-12-25(13-11-18)22(29)19-14-20(27)26(15-19)23(2,3)4/h5-9,16,18-19H,10-15H2,1-4H3,(H,24,28). The number of hydrogen-bond donors (Lipinski definition) is 1. The molecule has 0 aliphatic carbocycles. The molecule has 6 nitrogen and oxygen atoms in total. The molecule has 0 bridgehead atoms. The average molecular weight is 400 g/mol. The summed E-state index contributed by atoms with van der Waals surface area (Å²) in [6, 6.07) is 9.89. The maximum atomic E-state index is 12.9. The summed E-state index contributed by atoms with van der Waals surface area (Å²) in [6.07, 6.45) is 1.64. The Morgan fingerprint density at radius 2 is 1.69 bits per heavy atom. The van der Waals surface area contributed by atoms with Gasteiger partial charge >= 0.3 is 0 Å². The molecule has 0 aromatic heterocycles. The molecule has 158 valence electrons. The van der Waals surface area contributed by atoms with Crippen molar-refractivity contribution < 1.29 is 14.4 Å². The van der Waals surface area contributed by atoms with Crippen LogP contribution in [0.1, 0.15) is 58.6 Å². The van der Waals surface area contributed by atoms with Crippen molar-refractivity contribution in [3.63, 3.8) is 0 Å². The van der Waals surface area contributed by atoms with Crippen molar-refractivity contribution in [2.24, 2.45) is 11.8 Å². The highest BCUT2D eigenvalue weighted by Crippen LogP contribution is 2.28. The van der Waals surface area contributed by atoms with Crippen LogP contribution in [0.15, 0.2) is 30.3 Å². The molecule has 2 fully saturated rings. The highest BCUT2D eigenvalue weighted by atomic mass is 16.2. The number of amides is 3. The first kappa shape index (κ1) is 21.3. The largest absolute Gasteiger partial charge is 0.349 e. The van der Waals surface area contributed by atoms with E-state index in [1.54, 1.807) is 4.90 Å². The zero-order valence-corrected chi connectivity index (χ0v) is 18.0. The first-order valence-electron chi connectivity index (χ1n) is 10.6. The van der Waals surface area contributed by atoms with Crippen LogP contribution in [0.4, 0.5) is 0 Å². The number of rotatable bonds is 4. The van der Waals surface area contributed by atoms with Crippen molar-refractivity contribution in [2.45, 2.75) is 58.5 Å². The molecule has 2 aliphatic heterocycles. The number of carbonyl (C=O) groups is 3. The van der Waals surface area contributed by atoms with Crippen molar-refractivity contribution in [1.29, 1.82) is 0 Å². The van der Waals surface area contributed by atoms with E-state index in [-0.39, 0.29) is 41.1 Å². The lowest BCUT2D eigenvalue weighted by molar-refractivity contribution is -0.139. The second-order valence-corrected chi connectivity index (χ2v) is 9.32. The number of likely N-dealkylation sites (tertiary alicyclic amines) is 2. The van der Waals surface area contributed by atoms with Crippen molar-refractivity contribution in [1.82, 2.24) is 15.1 Å². The lowest BCUT2D eigenvalue weighted by atomic mass is 9.94. The van der Waals surface area contributed by atoms with Crippen LogP contribution in [0.3, 0.4) is 0 Å². The minimum Gasteiger partial charge on any atom is -0.349 e. The Labute approximate surface area is 173 Å². The Bertz CT molecular complexity index is 748. The Hall–Kier alpha value is -2.37. The predicted octanol–water partition coefficient (Wildman–Crippen LogP) is 2.75. The summed E-state index contributed by atoms with van der Waals surface area (Å²) < 4.78 is 0. The highest BCUT2D eigenvalue weighted by molar-refractivity contribution is 5.90. The molecule has 29 heavy (non-hydrogen) atoms. The SMILES string of the molecule is CC(NC(=O)C1CCN(C(=O)C2CC(=O)N(C(C)(C)C)C2)CC1)c1ccccc1. The first-order valence-corrected chi connectivity index (χ1v) is 10.6. The fraction of sp³-hybridized carbons (Fsp3) is 0.609. The maximum Gasteiger partial charge on any atom is 0.227 e. The molecule has 6 heteroatoms. The van der Waals surface area contributed by atoms with Crippen LogP contribution in [-0.2, 0) is 14.4 Å².